The van der Waals surface area contributed by atoms with Crippen molar-refractivity contribution >= 4 is 11.5 Å². The van der Waals surface area contributed by atoms with Gasteiger partial charge in [-0.05, 0) is 51.0 Å². The molecule has 2 rings (SSSR count). The third-order valence-corrected chi connectivity index (χ3v) is 3.37. The number of rotatable bonds is 2. The third-order valence-electron chi connectivity index (χ3n) is 3.37. The predicted molar refractivity (Wildman–Crippen MR) is 70.5 cm³/mol. The number of carbonyl (C=O) groups is 1. The Bertz CT molecular complexity index is 409. The zero-order valence-electron chi connectivity index (χ0n) is 10.6. The summed E-state index contributed by atoms with van der Waals surface area (Å²) in [4.78, 5) is 13.5. The summed E-state index contributed by atoms with van der Waals surface area (Å²) in [6.07, 6.45) is 2.20. The van der Waals surface area contributed by atoms with Gasteiger partial charge in [-0.15, -0.1) is 0 Å². The van der Waals surface area contributed by atoms with E-state index in [1.807, 2.05) is 24.3 Å². The van der Waals surface area contributed by atoms with E-state index in [1.165, 1.54) is 0 Å². The molecule has 1 heterocycles. The van der Waals surface area contributed by atoms with Crippen LogP contribution in [-0.4, -0.2) is 24.4 Å². The monoisotopic (exact) mass is 232 g/mol. The minimum Gasteiger partial charge on any atom is -0.370 e. The highest BCUT2D eigenvalue weighted by molar-refractivity contribution is 5.94. The Balaban J connectivity index is 2.14. The number of Topliss-reactive ketones (excluding diaryl/α,β-unsaturated/α-hetero) is 1. The minimum absolute atomic E-state index is 0.0997. The number of carbonyl (C=O) groups excluding carboxylic acids is 1. The molecule has 92 valence electrons. The van der Waals surface area contributed by atoms with Crippen molar-refractivity contribution in [1.29, 1.82) is 0 Å². The molecular weight excluding hydrogens is 212 g/mol. The highest BCUT2D eigenvalue weighted by Crippen LogP contribution is 2.24. The molecule has 1 atom stereocenters. The van der Waals surface area contributed by atoms with E-state index in [2.05, 4.69) is 11.8 Å². The molecule has 0 radical (unpaired) electrons. The number of hydrogen-bond donors (Lipinski definition) is 1. The first-order chi connectivity index (χ1) is 7.98. The van der Waals surface area contributed by atoms with E-state index in [4.69, 9.17) is 5.73 Å². The molecule has 0 spiro atoms. The molecule has 17 heavy (non-hydrogen) atoms. The topological polar surface area (TPSA) is 46.3 Å². The lowest BCUT2D eigenvalue weighted by Gasteiger charge is -2.39. The fourth-order valence-electron chi connectivity index (χ4n) is 2.40. The van der Waals surface area contributed by atoms with Crippen molar-refractivity contribution < 1.29 is 4.79 Å². The van der Waals surface area contributed by atoms with Crippen molar-refractivity contribution in [1.82, 2.24) is 0 Å². The maximum absolute atomic E-state index is 11.2. The molecule has 3 nitrogen and oxygen atoms in total. The molecule has 1 unspecified atom stereocenters. The van der Waals surface area contributed by atoms with Crippen LogP contribution in [0, 0.1) is 0 Å². The fraction of sp³-hybridized carbons (Fsp3) is 0.500. The van der Waals surface area contributed by atoms with Crippen molar-refractivity contribution in [3.05, 3.63) is 29.8 Å². The predicted octanol–water partition coefficient (Wildman–Crippen LogP) is 2.21. The molecule has 0 bridgehead atoms. The Morgan fingerprint density at radius 1 is 1.35 bits per heavy atom. The van der Waals surface area contributed by atoms with Crippen LogP contribution in [-0.2, 0) is 0 Å². The van der Waals surface area contributed by atoms with Crippen LogP contribution in [0.4, 0.5) is 5.69 Å². The van der Waals surface area contributed by atoms with E-state index in [-0.39, 0.29) is 11.3 Å². The van der Waals surface area contributed by atoms with Crippen molar-refractivity contribution in [3.63, 3.8) is 0 Å². The number of nitrogens with zero attached hydrogens (tertiary/aromatic N) is 1. The second-order valence-corrected chi connectivity index (χ2v) is 5.28. The highest BCUT2D eigenvalue weighted by atomic mass is 16.1. The summed E-state index contributed by atoms with van der Waals surface area (Å²) < 4.78 is 0. The van der Waals surface area contributed by atoms with Gasteiger partial charge in [0.05, 0.1) is 0 Å². The summed E-state index contributed by atoms with van der Waals surface area (Å²) in [5, 5.41) is 0. The molecule has 1 saturated heterocycles. The lowest BCUT2D eigenvalue weighted by molar-refractivity contribution is 0.101. The van der Waals surface area contributed by atoms with E-state index < -0.39 is 0 Å². The summed E-state index contributed by atoms with van der Waals surface area (Å²) in [6, 6.07) is 7.80. The average molecular weight is 232 g/mol. The Hall–Kier alpha value is -1.35. The van der Waals surface area contributed by atoms with Crippen LogP contribution in [0.15, 0.2) is 24.3 Å². The number of hydrogen-bond acceptors (Lipinski definition) is 3. The average Bonchev–Trinajstić information content (AvgIpc) is 2.28. The number of nitrogens with two attached hydrogens (primary N) is 1. The first-order valence-electron chi connectivity index (χ1n) is 6.13. The number of anilines is 1. The number of piperidine rings is 1. The lowest BCUT2D eigenvalue weighted by Crippen LogP contribution is -2.52. The van der Waals surface area contributed by atoms with Gasteiger partial charge in [0.25, 0.3) is 0 Å². The molecule has 1 aliphatic rings. The summed E-state index contributed by atoms with van der Waals surface area (Å²) in [6.45, 7) is 5.62. The van der Waals surface area contributed by atoms with Gasteiger partial charge in [0, 0.05) is 29.9 Å². The first kappa shape index (κ1) is 12.1. The molecule has 0 aromatic heterocycles. The van der Waals surface area contributed by atoms with Gasteiger partial charge in [0.2, 0.25) is 0 Å². The molecule has 2 N–H and O–H groups in total. The third kappa shape index (κ3) is 2.86. The smallest absolute Gasteiger partial charge is 0.159 e. The van der Waals surface area contributed by atoms with Crippen LogP contribution in [0.2, 0.25) is 0 Å². The van der Waals surface area contributed by atoms with Crippen LogP contribution in [0.3, 0.4) is 0 Å². The van der Waals surface area contributed by atoms with E-state index in [9.17, 15) is 4.79 Å². The van der Waals surface area contributed by atoms with Crippen molar-refractivity contribution in [2.24, 2.45) is 5.73 Å². The molecule has 3 heteroatoms. The molecule has 1 aromatic carbocycles. The Morgan fingerprint density at radius 3 is 2.53 bits per heavy atom. The molecule has 0 amide bonds. The van der Waals surface area contributed by atoms with Crippen LogP contribution < -0.4 is 10.6 Å². The maximum Gasteiger partial charge on any atom is 0.159 e. The van der Waals surface area contributed by atoms with Crippen LogP contribution in [0.1, 0.15) is 37.0 Å². The zero-order valence-corrected chi connectivity index (χ0v) is 10.6. The molecule has 1 aliphatic heterocycles. The quantitative estimate of drug-likeness (QED) is 0.795. The van der Waals surface area contributed by atoms with Crippen molar-refractivity contribution in [2.45, 2.75) is 32.2 Å². The van der Waals surface area contributed by atoms with Crippen LogP contribution in [0.25, 0.3) is 0 Å². The van der Waals surface area contributed by atoms with Crippen LogP contribution >= 0.6 is 0 Å². The van der Waals surface area contributed by atoms with Gasteiger partial charge in [-0.2, -0.15) is 0 Å². The number of ketones is 1. The Labute approximate surface area is 103 Å². The van der Waals surface area contributed by atoms with Crippen molar-refractivity contribution in [2.75, 3.05) is 18.0 Å². The van der Waals surface area contributed by atoms with Gasteiger partial charge in [-0.25, -0.2) is 0 Å². The molecule has 0 aliphatic carbocycles. The van der Waals surface area contributed by atoms with Gasteiger partial charge in [0.15, 0.2) is 5.78 Å². The first-order valence-corrected chi connectivity index (χ1v) is 6.13. The molecule has 1 fully saturated rings. The Morgan fingerprint density at radius 2 is 2.00 bits per heavy atom. The lowest BCUT2D eigenvalue weighted by atomic mass is 9.92. The molecule has 1 aromatic rings. The second-order valence-electron chi connectivity index (χ2n) is 5.28. The van der Waals surface area contributed by atoms with E-state index in [0.29, 0.717) is 0 Å². The summed E-state index contributed by atoms with van der Waals surface area (Å²) in [7, 11) is 0. The van der Waals surface area contributed by atoms with Gasteiger partial charge < -0.3 is 10.6 Å². The largest absolute Gasteiger partial charge is 0.370 e. The zero-order chi connectivity index (χ0) is 12.5. The summed E-state index contributed by atoms with van der Waals surface area (Å²) in [5.41, 5.74) is 8.01. The van der Waals surface area contributed by atoms with Gasteiger partial charge >= 0.3 is 0 Å². The van der Waals surface area contributed by atoms with E-state index in [1.54, 1.807) is 6.92 Å². The Kier molecular flexibility index (Phi) is 3.20. The van der Waals surface area contributed by atoms with Gasteiger partial charge in [-0.1, -0.05) is 0 Å². The molecule has 0 saturated carbocycles. The fourth-order valence-corrected chi connectivity index (χ4v) is 2.40. The molecular formula is C14H20N2O. The second kappa shape index (κ2) is 4.49. The van der Waals surface area contributed by atoms with E-state index in [0.717, 1.165) is 37.2 Å². The highest BCUT2D eigenvalue weighted by Gasteiger charge is 2.26. The number of benzene rings is 1. The normalized spacial score (nSPS) is 24.8. The van der Waals surface area contributed by atoms with Crippen molar-refractivity contribution in [3.8, 4) is 0 Å². The van der Waals surface area contributed by atoms with Gasteiger partial charge in [-0.3, -0.25) is 4.79 Å². The van der Waals surface area contributed by atoms with Crippen LogP contribution in [0.5, 0.6) is 0 Å². The SMILES string of the molecule is CC(=O)c1ccc(N2CCCC(C)(N)C2)cc1. The minimum atomic E-state index is -0.0997. The summed E-state index contributed by atoms with van der Waals surface area (Å²) in [5.74, 6) is 0.110. The van der Waals surface area contributed by atoms with E-state index >= 15 is 0 Å². The van der Waals surface area contributed by atoms with Gasteiger partial charge in [0.1, 0.15) is 0 Å². The maximum atomic E-state index is 11.2. The standard InChI is InChI=1S/C14H20N2O/c1-11(17)12-4-6-13(7-5-12)16-9-3-8-14(2,15)10-16/h4-7H,3,8-10,15H2,1-2H3. The summed E-state index contributed by atoms with van der Waals surface area (Å²) >= 11 is 0.